The predicted molar refractivity (Wildman–Crippen MR) is 118 cm³/mol. The number of hydrogen-bond acceptors (Lipinski definition) is 4. The monoisotopic (exact) mass is 436 g/mol. The molecule has 31 heavy (non-hydrogen) atoms. The van der Waals surface area contributed by atoms with E-state index in [4.69, 9.17) is 16.3 Å². The number of ether oxygens (including phenoxy) is 1. The summed E-state index contributed by atoms with van der Waals surface area (Å²) >= 11 is 6.83. The molecule has 7 nitrogen and oxygen atoms in total. The minimum atomic E-state index is -0.240. The van der Waals surface area contributed by atoms with Gasteiger partial charge in [0.25, 0.3) is 5.91 Å². The van der Waals surface area contributed by atoms with Crippen LogP contribution >= 0.6 is 11.6 Å². The number of halogens is 1. The lowest BCUT2D eigenvalue weighted by molar-refractivity contribution is -0.128. The van der Waals surface area contributed by atoms with Gasteiger partial charge < -0.3 is 14.5 Å². The van der Waals surface area contributed by atoms with Gasteiger partial charge in [0.2, 0.25) is 5.91 Å². The molecule has 158 valence electrons. The zero-order valence-electron chi connectivity index (χ0n) is 17.0. The van der Waals surface area contributed by atoms with Crippen molar-refractivity contribution in [3.63, 3.8) is 0 Å². The summed E-state index contributed by atoms with van der Waals surface area (Å²) in [4.78, 5) is 28.8. The van der Waals surface area contributed by atoms with Crippen molar-refractivity contribution in [2.24, 2.45) is 0 Å². The first kappa shape index (κ1) is 19.6. The van der Waals surface area contributed by atoms with Crippen molar-refractivity contribution in [3.05, 3.63) is 59.3 Å². The van der Waals surface area contributed by atoms with Crippen LogP contribution in [0, 0.1) is 6.92 Å². The number of fused-ring (bicyclic) bond motifs is 3. The van der Waals surface area contributed by atoms with Gasteiger partial charge >= 0.3 is 0 Å². The van der Waals surface area contributed by atoms with Crippen LogP contribution in [0.1, 0.15) is 15.9 Å². The van der Waals surface area contributed by atoms with E-state index in [-0.39, 0.29) is 24.5 Å². The van der Waals surface area contributed by atoms with Crippen molar-refractivity contribution in [2.45, 2.75) is 13.0 Å². The van der Waals surface area contributed by atoms with E-state index in [2.05, 4.69) is 16.8 Å². The fourth-order valence-electron chi connectivity index (χ4n) is 4.47. The van der Waals surface area contributed by atoms with Gasteiger partial charge in [-0.1, -0.05) is 30.3 Å². The summed E-state index contributed by atoms with van der Waals surface area (Å²) in [5.74, 6) is 0.118. The molecule has 0 aliphatic carbocycles. The number of carbonyl (C=O) groups excluding carboxylic acids is 2. The molecule has 0 unspecified atom stereocenters. The van der Waals surface area contributed by atoms with Crippen LogP contribution in [0.15, 0.2) is 43.1 Å². The number of aryl methyl sites for hydroxylation is 1. The smallest absolute Gasteiger partial charge is 0.258 e. The topological polar surface area (TPSA) is 78.5 Å². The molecule has 2 aromatic carbocycles. The lowest BCUT2D eigenvalue weighted by Crippen LogP contribution is -2.57. The summed E-state index contributed by atoms with van der Waals surface area (Å²) in [6.07, 6.45) is 3.07. The van der Waals surface area contributed by atoms with Gasteiger partial charge in [0, 0.05) is 30.6 Å². The van der Waals surface area contributed by atoms with E-state index in [9.17, 15) is 9.59 Å². The molecular weight excluding hydrogens is 416 g/mol. The van der Waals surface area contributed by atoms with Crippen molar-refractivity contribution in [1.29, 1.82) is 0 Å². The highest BCUT2D eigenvalue weighted by Gasteiger charge is 2.37. The quantitative estimate of drug-likeness (QED) is 0.624. The maximum Gasteiger partial charge on any atom is 0.258 e. The maximum absolute atomic E-state index is 13.3. The first-order valence-corrected chi connectivity index (χ1v) is 10.5. The normalized spacial score (nSPS) is 18.3. The van der Waals surface area contributed by atoms with Crippen molar-refractivity contribution >= 4 is 34.3 Å². The van der Waals surface area contributed by atoms with E-state index in [1.807, 2.05) is 25.1 Å². The van der Waals surface area contributed by atoms with Crippen molar-refractivity contribution in [1.82, 2.24) is 20.0 Å². The molecule has 0 spiro atoms. The second-order valence-electron chi connectivity index (χ2n) is 7.84. The van der Waals surface area contributed by atoms with Crippen LogP contribution in [-0.4, -0.2) is 64.1 Å². The average Bonchev–Trinajstić information content (AvgIpc) is 3.20. The third-order valence-electron chi connectivity index (χ3n) is 6.08. The van der Waals surface area contributed by atoms with Crippen LogP contribution < -0.4 is 4.74 Å². The molecule has 3 aromatic rings. The Balaban J connectivity index is 1.56. The highest BCUT2D eigenvalue weighted by Crippen LogP contribution is 2.43. The van der Waals surface area contributed by atoms with E-state index >= 15 is 0 Å². The van der Waals surface area contributed by atoms with Crippen LogP contribution in [0.4, 0.5) is 0 Å². The summed E-state index contributed by atoms with van der Waals surface area (Å²) in [5.41, 5.74) is 4.15. The number of amides is 2. The molecule has 1 atom stereocenters. The number of nitrogens with one attached hydrogen (secondary N) is 1. The Morgan fingerprint density at radius 3 is 2.90 bits per heavy atom. The fraction of sp³-hybridized carbons (Fsp3) is 0.261. The number of aromatic amines is 1. The number of hydrogen-bond donors (Lipinski definition) is 1. The third kappa shape index (κ3) is 3.08. The zero-order valence-corrected chi connectivity index (χ0v) is 17.8. The molecule has 2 amide bonds. The number of benzene rings is 2. The standard InChI is InChI=1S/C23H21ClN4O3/c1-3-19(29)27-8-9-28-14(11-27)12-31-22-16(23(28)30)6-5-15(21(22)24)20-13(2)4-7-18-17(20)10-25-26-18/h3-7,10,14H,1,8-9,11-12H2,2H3,(H,25,26)/t14-/m0/s1. The second kappa shape index (κ2) is 7.42. The summed E-state index contributed by atoms with van der Waals surface area (Å²) in [5, 5.41) is 8.49. The van der Waals surface area contributed by atoms with E-state index in [1.54, 1.807) is 22.1 Å². The van der Waals surface area contributed by atoms with Crippen LogP contribution in [0.3, 0.4) is 0 Å². The lowest BCUT2D eigenvalue weighted by Gasteiger charge is -2.39. The van der Waals surface area contributed by atoms with Crippen LogP contribution in [0.25, 0.3) is 22.0 Å². The molecular formula is C23H21ClN4O3. The first-order valence-electron chi connectivity index (χ1n) is 10.1. The Labute approximate surface area is 184 Å². The summed E-state index contributed by atoms with van der Waals surface area (Å²) in [6.45, 7) is 7.15. The highest BCUT2D eigenvalue weighted by molar-refractivity contribution is 6.36. The molecule has 2 aliphatic heterocycles. The Bertz CT molecular complexity index is 1240. The highest BCUT2D eigenvalue weighted by atomic mass is 35.5. The molecule has 8 heteroatoms. The van der Waals surface area contributed by atoms with E-state index in [1.165, 1.54) is 6.08 Å². The van der Waals surface area contributed by atoms with E-state index in [0.29, 0.717) is 36.0 Å². The zero-order chi connectivity index (χ0) is 21.7. The summed E-state index contributed by atoms with van der Waals surface area (Å²) in [7, 11) is 0. The number of piperazine rings is 1. The van der Waals surface area contributed by atoms with E-state index in [0.717, 1.165) is 27.6 Å². The fourth-order valence-corrected chi connectivity index (χ4v) is 4.79. The Kier molecular flexibility index (Phi) is 4.70. The molecule has 5 rings (SSSR count). The van der Waals surface area contributed by atoms with Gasteiger partial charge in [0.1, 0.15) is 6.61 Å². The molecule has 1 aromatic heterocycles. The number of nitrogens with zero attached hydrogens (tertiary/aromatic N) is 3. The number of rotatable bonds is 2. The van der Waals surface area contributed by atoms with Crippen LogP contribution in [-0.2, 0) is 4.79 Å². The van der Waals surface area contributed by atoms with E-state index < -0.39 is 0 Å². The number of carbonyl (C=O) groups is 2. The SMILES string of the molecule is C=CC(=O)N1CCN2C(=O)c3ccc(-c4c(C)ccc5[nH]ncc45)c(Cl)c3OC[C@@H]2C1. The van der Waals surface area contributed by atoms with Gasteiger partial charge in [-0.15, -0.1) is 0 Å². The summed E-state index contributed by atoms with van der Waals surface area (Å²) in [6, 6.07) is 7.40. The first-order chi connectivity index (χ1) is 15.0. The molecule has 1 fully saturated rings. The lowest BCUT2D eigenvalue weighted by atomic mass is 9.95. The van der Waals surface area contributed by atoms with Crippen LogP contribution in [0.5, 0.6) is 5.75 Å². The van der Waals surface area contributed by atoms with Crippen LogP contribution in [0.2, 0.25) is 5.02 Å². The Morgan fingerprint density at radius 2 is 2.10 bits per heavy atom. The molecule has 0 bridgehead atoms. The molecule has 0 radical (unpaired) electrons. The Hall–Kier alpha value is -3.32. The molecule has 1 N–H and O–H groups in total. The van der Waals surface area contributed by atoms with Gasteiger partial charge in [-0.3, -0.25) is 14.7 Å². The van der Waals surface area contributed by atoms with Gasteiger partial charge in [-0.05, 0) is 36.3 Å². The van der Waals surface area contributed by atoms with Gasteiger partial charge in [0.15, 0.2) is 5.75 Å². The third-order valence-corrected chi connectivity index (χ3v) is 6.45. The summed E-state index contributed by atoms with van der Waals surface area (Å²) < 4.78 is 6.09. The number of H-pyrrole nitrogens is 1. The maximum atomic E-state index is 13.3. The molecule has 2 aliphatic rings. The average molecular weight is 437 g/mol. The number of aromatic nitrogens is 2. The van der Waals surface area contributed by atoms with Crippen molar-refractivity contribution in [2.75, 3.05) is 26.2 Å². The Morgan fingerprint density at radius 1 is 1.29 bits per heavy atom. The predicted octanol–water partition coefficient (Wildman–Crippen LogP) is 3.42. The second-order valence-corrected chi connectivity index (χ2v) is 8.22. The van der Waals surface area contributed by atoms with Crippen molar-refractivity contribution < 1.29 is 14.3 Å². The molecule has 1 saturated heterocycles. The minimum absolute atomic E-state index is 0.130. The van der Waals surface area contributed by atoms with Gasteiger partial charge in [0.05, 0.1) is 28.3 Å². The minimum Gasteiger partial charge on any atom is -0.489 e. The largest absolute Gasteiger partial charge is 0.489 e. The van der Waals surface area contributed by atoms with Gasteiger partial charge in [-0.25, -0.2) is 0 Å². The van der Waals surface area contributed by atoms with Gasteiger partial charge in [-0.2, -0.15) is 5.10 Å². The van der Waals surface area contributed by atoms with Crippen molar-refractivity contribution in [3.8, 4) is 16.9 Å². The molecule has 0 saturated carbocycles. The molecule has 3 heterocycles.